The first-order chi connectivity index (χ1) is 9.06. The third-order valence-electron chi connectivity index (χ3n) is 2.45. The van der Waals surface area contributed by atoms with Crippen LogP contribution in [0.15, 0.2) is 29.0 Å². The van der Waals surface area contributed by atoms with Gasteiger partial charge < -0.3 is 14.4 Å². The van der Waals surface area contributed by atoms with E-state index in [0.29, 0.717) is 12.3 Å². The average molecular weight is 264 g/mol. The second kappa shape index (κ2) is 5.34. The summed E-state index contributed by atoms with van der Waals surface area (Å²) >= 11 is 0. The molecule has 2 heterocycles. The molecular formula is C11H12N4O4. The first-order valence-corrected chi connectivity index (χ1v) is 5.46. The van der Waals surface area contributed by atoms with Gasteiger partial charge in [0.05, 0.1) is 19.0 Å². The standard InChI is InChI=1S/C11H12N4O4/c1-14(5-8-3-2-4-19-8)10(16)7-15-6-9(11(17)18)12-13-15/h2-4,6H,5,7H2,1H3,(H,17,18). The molecule has 2 aromatic rings. The van der Waals surface area contributed by atoms with Crippen LogP contribution >= 0.6 is 0 Å². The summed E-state index contributed by atoms with van der Waals surface area (Å²) in [6, 6.07) is 3.51. The Morgan fingerprint density at radius 3 is 2.89 bits per heavy atom. The first-order valence-electron chi connectivity index (χ1n) is 5.46. The predicted molar refractivity (Wildman–Crippen MR) is 62.2 cm³/mol. The number of likely N-dealkylation sites (N-methyl/N-ethyl adjacent to an activating group) is 1. The predicted octanol–water partition coefficient (Wildman–Crippen LogP) is 0.228. The molecule has 0 aromatic carbocycles. The third kappa shape index (κ3) is 3.18. The monoisotopic (exact) mass is 264 g/mol. The van der Waals surface area contributed by atoms with Crippen LogP contribution in [-0.2, 0) is 17.9 Å². The lowest BCUT2D eigenvalue weighted by atomic mass is 10.4. The molecule has 100 valence electrons. The van der Waals surface area contributed by atoms with Crippen molar-refractivity contribution in [1.29, 1.82) is 0 Å². The molecule has 0 unspecified atom stereocenters. The van der Waals surface area contributed by atoms with Gasteiger partial charge in [0, 0.05) is 7.05 Å². The maximum Gasteiger partial charge on any atom is 0.358 e. The molecule has 0 fully saturated rings. The fraction of sp³-hybridized carbons (Fsp3) is 0.273. The molecule has 0 spiro atoms. The number of furan rings is 1. The molecule has 0 aliphatic carbocycles. The molecule has 0 aliphatic rings. The van der Waals surface area contributed by atoms with Gasteiger partial charge >= 0.3 is 5.97 Å². The highest BCUT2D eigenvalue weighted by molar-refractivity contribution is 5.84. The van der Waals surface area contributed by atoms with Gasteiger partial charge in [-0.1, -0.05) is 5.21 Å². The summed E-state index contributed by atoms with van der Waals surface area (Å²) < 4.78 is 6.32. The fourth-order valence-corrected chi connectivity index (χ4v) is 1.46. The van der Waals surface area contributed by atoms with Crippen molar-refractivity contribution in [3.63, 3.8) is 0 Å². The number of carboxylic acids is 1. The van der Waals surface area contributed by atoms with Crippen LogP contribution in [0.5, 0.6) is 0 Å². The molecule has 0 bridgehead atoms. The van der Waals surface area contributed by atoms with Gasteiger partial charge in [0.1, 0.15) is 12.3 Å². The van der Waals surface area contributed by atoms with Gasteiger partial charge in [0.25, 0.3) is 0 Å². The molecule has 1 amide bonds. The van der Waals surface area contributed by atoms with E-state index < -0.39 is 5.97 Å². The Hall–Kier alpha value is -2.64. The molecule has 8 heteroatoms. The van der Waals surface area contributed by atoms with Crippen molar-refractivity contribution in [2.75, 3.05) is 7.05 Å². The van der Waals surface area contributed by atoms with E-state index in [1.807, 2.05) is 0 Å². The first kappa shape index (κ1) is 12.8. The van der Waals surface area contributed by atoms with Gasteiger partial charge in [-0.2, -0.15) is 0 Å². The number of carbonyl (C=O) groups is 2. The molecule has 0 atom stereocenters. The summed E-state index contributed by atoms with van der Waals surface area (Å²) in [6.07, 6.45) is 2.74. The average Bonchev–Trinajstić information content (AvgIpc) is 2.99. The van der Waals surface area contributed by atoms with Crippen molar-refractivity contribution in [1.82, 2.24) is 19.9 Å². The molecule has 1 N–H and O–H groups in total. The summed E-state index contributed by atoms with van der Waals surface area (Å²) in [7, 11) is 1.62. The number of aromatic nitrogens is 3. The largest absolute Gasteiger partial charge is 0.476 e. The van der Waals surface area contributed by atoms with E-state index in [1.54, 1.807) is 19.2 Å². The quantitative estimate of drug-likeness (QED) is 0.829. The van der Waals surface area contributed by atoms with Crippen molar-refractivity contribution >= 4 is 11.9 Å². The molecule has 8 nitrogen and oxygen atoms in total. The highest BCUT2D eigenvalue weighted by atomic mass is 16.4. The molecule has 0 saturated carbocycles. The summed E-state index contributed by atoms with van der Waals surface area (Å²) in [4.78, 5) is 23.9. The summed E-state index contributed by atoms with van der Waals surface area (Å²) in [6.45, 7) is 0.268. The van der Waals surface area contributed by atoms with E-state index in [-0.39, 0.29) is 18.1 Å². The molecule has 2 rings (SSSR count). The minimum atomic E-state index is -1.18. The lowest BCUT2D eigenvalue weighted by Crippen LogP contribution is -2.29. The normalized spacial score (nSPS) is 10.4. The number of amides is 1. The molecule has 0 saturated heterocycles. The van der Waals surface area contributed by atoms with Crippen LogP contribution in [0.25, 0.3) is 0 Å². The van der Waals surface area contributed by atoms with E-state index in [2.05, 4.69) is 10.3 Å². The zero-order chi connectivity index (χ0) is 13.8. The molecule has 19 heavy (non-hydrogen) atoms. The van der Waals surface area contributed by atoms with Crippen molar-refractivity contribution in [3.8, 4) is 0 Å². The highest BCUT2D eigenvalue weighted by Crippen LogP contribution is 2.04. The van der Waals surface area contributed by atoms with Crippen LogP contribution in [0.2, 0.25) is 0 Å². The zero-order valence-electron chi connectivity index (χ0n) is 10.2. The SMILES string of the molecule is CN(Cc1ccco1)C(=O)Cn1cc(C(=O)O)nn1. The highest BCUT2D eigenvalue weighted by Gasteiger charge is 2.14. The molecule has 2 aromatic heterocycles. The van der Waals surface area contributed by atoms with Crippen LogP contribution in [0.3, 0.4) is 0 Å². The van der Waals surface area contributed by atoms with Crippen molar-refractivity contribution in [2.24, 2.45) is 0 Å². The number of nitrogens with zero attached hydrogens (tertiary/aromatic N) is 4. The fourth-order valence-electron chi connectivity index (χ4n) is 1.46. The number of carboxylic acid groups (broad SMARTS) is 1. The Balaban J connectivity index is 1.94. The molecular weight excluding hydrogens is 252 g/mol. The number of rotatable bonds is 5. The molecule has 0 radical (unpaired) electrons. The van der Waals surface area contributed by atoms with Gasteiger partial charge in [-0.25, -0.2) is 9.48 Å². The van der Waals surface area contributed by atoms with Gasteiger partial charge in [-0.15, -0.1) is 5.10 Å². The Morgan fingerprint density at radius 2 is 2.32 bits per heavy atom. The maximum atomic E-state index is 11.9. The van der Waals surface area contributed by atoms with Crippen molar-refractivity contribution < 1.29 is 19.1 Å². The lowest BCUT2D eigenvalue weighted by Gasteiger charge is -2.15. The zero-order valence-corrected chi connectivity index (χ0v) is 10.2. The van der Waals surface area contributed by atoms with E-state index >= 15 is 0 Å². The summed E-state index contributed by atoms with van der Waals surface area (Å²) in [5.74, 6) is -0.735. The van der Waals surface area contributed by atoms with Gasteiger partial charge in [0.15, 0.2) is 5.69 Å². The van der Waals surface area contributed by atoms with E-state index in [0.717, 1.165) is 0 Å². The van der Waals surface area contributed by atoms with E-state index in [9.17, 15) is 9.59 Å². The number of hydrogen-bond acceptors (Lipinski definition) is 5. The minimum Gasteiger partial charge on any atom is -0.476 e. The van der Waals surface area contributed by atoms with Crippen molar-refractivity contribution in [2.45, 2.75) is 13.1 Å². The Bertz CT molecular complexity index is 575. The van der Waals surface area contributed by atoms with Crippen LogP contribution in [0.1, 0.15) is 16.2 Å². The lowest BCUT2D eigenvalue weighted by molar-refractivity contribution is -0.131. The summed E-state index contributed by atoms with van der Waals surface area (Å²) in [5.41, 5.74) is -0.193. The van der Waals surface area contributed by atoms with Gasteiger partial charge in [0.2, 0.25) is 5.91 Å². The van der Waals surface area contributed by atoms with E-state index in [4.69, 9.17) is 9.52 Å². The Kier molecular flexibility index (Phi) is 3.60. The summed E-state index contributed by atoms with van der Waals surface area (Å²) in [5, 5.41) is 15.7. The van der Waals surface area contributed by atoms with Crippen LogP contribution in [0, 0.1) is 0 Å². The van der Waals surface area contributed by atoms with Crippen LogP contribution in [0.4, 0.5) is 0 Å². The van der Waals surface area contributed by atoms with Crippen LogP contribution < -0.4 is 0 Å². The second-order valence-electron chi connectivity index (χ2n) is 3.94. The van der Waals surface area contributed by atoms with Gasteiger partial charge in [-0.3, -0.25) is 4.79 Å². The maximum absolute atomic E-state index is 11.9. The van der Waals surface area contributed by atoms with Crippen LogP contribution in [-0.4, -0.2) is 43.9 Å². The number of carbonyl (C=O) groups excluding carboxylic acids is 1. The topological polar surface area (TPSA) is 101 Å². The van der Waals surface area contributed by atoms with Gasteiger partial charge in [-0.05, 0) is 12.1 Å². The number of aromatic carboxylic acids is 1. The Labute approximate surface area is 108 Å². The third-order valence-corrected chi connectivity index (χ3v) is 2.45. The smallest absolute Gasteiger partial charge is 0.358 e. The van der Waals surface area contributed by atoms with Crippen molar-refractivity contribution in [3.05, 3.63) is 36.0 Å². The minimum absolute atomic E-state index is 0.0719. The van der Waals surface area contributed by atoms with E-state index in [1.165, 1.54) is 22.0 Å². The second-order valence-corrected chi connectivity index (χ2v) is 3.94. The number of hydrogen-bond donors (Lipinski definition) is 1. The Morgan fingerprint density at radius 1 is 1.53 bits per heavy atom. The molecule has 0 aliphatic heterocycles.